The summed E-state index contributed by atoms with van der Waals surface area (Å²) in [7, 11) is 0. The zero-order valence-corrected chi connectivity index (χ0v) is 8.74. The van der Waals surface area contributed by atoms with Crippen molar-refractivity contribution < 1.29 is 4.52 Å². The first kappa shape index (κ1) is 10.6. The van der Waals surface area contributed by atoms with Crippen LogP contribution >= 0.6 is 0 Å². The van der Waals surface area contributed by atoms with E-state index in [0.717, 1.165) is 6.42 Å². The number of aryl methyl sites for hydroxylation is 1. The lowest BCUT2D eigenvalue weighted by atomic mass is 9.99. The lowest BCUT2D eigenvalue weighted by Gasteiger charge is -2.17. The van der Waals surface area contributed by atoms with Crippen molar-refractivity contribution in [1.29, 1.82) is 0 Å². The number of nitrogens with one attached hydrogen (secondary N) is 1. The third-order valence-corrected chi connectivity index (χ3v) is 2.26. The van der Waals surface area contributed by atoms with Crippen LogP contribution in [0, 0.1) is 25.3 Å². The van der Waals surface area contributed by atoms with Crippen LogP contribution in [-0.4, -0.2) is 10.1 Å². The van der Waals surface area contributed by atoms with E-state index in [9.17, 15) is 0 Å². The molecule has 0 radical (unpaired) electrons. The molecule has 4 nitrogen and oxygen atoms in total. The van der Waals surface area contributed by atoms with Crippen molar-refractivity contribution in [2.75, 3.05) is 0 Å². The molecule has 0 amide bonds. The van der Waals surface area contributed by atoms with E-state index in [-0.39, 0.29) is 6.04 Å². The summed E-state index contributed by atoms with van der Waals surface area (Å²) in [5, 5.41) is 6.64. The van der Waals surface area contributed by atoms with E-state index >= 15 is 0 Å². The summed E-state index contributed by atoms with van der Waals surface area (Å²) in [5.74, 6) is 1.56. The van der Waals surface area contributed by atoms with Gasteiger partial charge in [0.25, 0.3) is 0 Å². The average Bonchev–Trinajstić information content (AvgIpc) is 2.60. The monoisotopic (exact) mass is 193 g/mol. The van der Waals surface area contributed by atoms with Gasteiger partial charge in [-0.2, -0.15) is 4.98 Å². The van der Waals surface area contributed by atoms with Crippen LogP contribution in [0.25, 0.3) is 0 Å². The van der Waals surface area contributed by atoms with Gasteiger partial charge in [0.05, 0.1) is 0 Å². The largest absolute Gasteiger partial charge is 0.337 e. The molecule has 1 unspecified atom stereocenters. The Bertz CT molecular complexity index is 326. The van der Waals surface area contributed by atoms with Crippen LogP contribution in [0.4, 0.5) is 0 Å². The van der Waals surface area contributed by atoms with Crippen LogP contribution in [0.2, 0.25) is 0 Å². The van der Waals surface area contributed by atoms with E-state index in [1.165, 1.54) is 0 Å². The first-order valence-electron chi connectivity index (χ1n) is 4.70. The summed E-state index contributed by atoms with van der Waals surface area (Å²) in [4.78, 5) is 4.16. The zero-order chi connectivity index (χ0) is 10.6. The highest BCUT2D eigenvalue weighted by atomic mass is 16.5. The fourth-order valence-electron chi connectivity index (χ4n) is 1.21. The standard InChI is InChI=1S/C10H15N3O/c1-5-7(3)9(11-6-2)10-12-8(4)13-14-10/h2,7,9,11H,5H2,1,3-4H3/t7?,9-/m0/s1. The molecule has 1 heterocycles. The van der Waals surface area contributed by atoms with Crippen molar-refractivity contribution in [3.8, 4) is 12.5 Å². The normalized spacial score (nSPS) is 14.4. The summed E-state index contributed by atoms with van der Waals surface area (Å²) >= 11 is 0. The highest BCUT2D eigenvalue weighted by Gasteiger charge is 2.22. The average molecular weight is 193 g/mol. The fraction of sp³-hybridized carbons (Fsp3) is 0.600. The molecule has 14 heavy (non-hydrogen) atoms. The molecular formula is C10H15N3O. The molecule has 76 valence electrons. The molecule has 0 aliphatic rings. The third kappa shape index (κ3) is 2.25. The number of hydrogen-bond acceptors (Lipinski definition) is 4. The first-order valence-corrected chi connectivity index (χ1v) is 4.70. The lowest BCUT2D eigenvalue weighted by Crippen LogP contribution is -2.23. The summed E-state index contributed by atoms with van der Waals surface area (Å²) in [6, 6.07) is 2.36. The van der Waals surface area contributed by atoms with E-state index in [2.05, 4.69) is 35.3 Å². The van der Waals surface area contributed by atoms with E-state index in [0.29, 0.717) is 17.6 Å². The van der Waals surface area contributed by atoms with E-state index in [1.807, 2.05) is 0 Å². The van der Waals surface area contributed by atoms with Crippen LogP contribution < -0.4 is 5.32 Å². The van der Waals surface area contributed by atoms with Gasteiger partial charge in [0.2, 0.25) is 5.89 Å². The molecule has 4 heteroatoms. The predicted molar refractivity (Wildman–Crippen MR) is 53.2 cm³/mol. The Morgan fingerprint density at radius 1 is 1.64 bits per heavy atom. The lowest BCUT2D eigenvalue weighted by molar-refractivity contribution is 0.293. The number of hydrogen-bond donors (Lipinski definition) is 1. The van der Waals surface area contributed by atoms with Gasteiger partial charge in [-0.3, -0.25) is 0 Å². The molecule has 1 rings (SSSR count). The molecular weight excluding hydrogens is 178 g/mol. The van der Waals surface area contributed by atoms with Gasteiger partial charge in [0, 0.05) is 6.04 Å². The predicted octanol–water partition coefficient (Wildman–Crippen LogP) is 1.65. The van der Waals surface area contributed by atoms with Gasteiger partial charge in [0.15, 0.2) is 5.82 Å². The Balaban J connectivity index is 2.83. The SMILES string of the molecule is C#CN[C@H](c1nc(C)no1)C(C)CC. The second-order valence-electron chi connectivity index (χ2n) is 3.33. The van der Waals surface area contributed by atoms with Gasteiger partial charge in [-0.1, -0.05) is 31.8 Å². The quantitative estimate of drug-likeness (QED) is 0.583. The number of nitrogens with zero attached hydrogens (tertiary/aromatic N) is 2. The Hall–Kier alpha value is -1.50. The van der Waals surface area contributed by atoms with Crippen LogP contribution in [0.5, 0.6) is 0 Å². The first-order chi connectivity index (χ1) is 6.69. The fourth-order valence-corrected chi connectivity index (χ4v) is 1.21. The molecule has 1 aromatic heterocycles. The molecule has 0 aliphatic heterocycles. The Morgan fingerprint density at radius 3 is 2.79 bits per heavy atom. The minimum absolute atomic E-state index is 0.0498. The molecule has 0 aliphatic carbocycles. The van der Waals surface area contributed by atoms with Crippen LogP contribution in [0.3, 0.4) is 0 Å². The number of rotatable bonds is 4. The molecule has 0 saturated carbocycles. The maximum Gasteiger partial charge on any atom is 0.250 e. The Labute approximate surface area is 84.1 Å². The maximum absolute atomic E-state index is 5.22. The Morgan fingerprint density at radius 2 is 2.36 bits per heavy atom. The minimum Gasteiger partial charge on any atom is -0.337 e. The molecule has 1 N–H and O–H groups in total. The molecule has 0 saturated heterocycles. The third-order valence-electron chi connectivity index (χ3n) is 2.26. The van der Waals surface area contributed by atoms with Crippen molar-refractivity contribution in [1.82, 2.24) is 15.5 Å². The smallest absolute Gasteiger partial charge is 0.250 e. The van der Waals surface area contributed by atoms with E-state index in [4.69, 9.17) is 10.9 Å². The molecule has 1 aromatic rings. The molecule has 0 aromatic carbocycles. The minimum atomic E-state index is -0.0498. The van der Waals surface area contributed by atoms with Gasteiger partial charge in [-0.25, -0.2) is 0 Å². The van der Waals surface area contributed by atoms with Gasteiger partial charge in [0.1, 0.15) is 6.04 Å². The topological polar surface area (TPSA) is 51.0 Å². The number of aromatic nitrogens is 2. The highest BCUT2D eigenvalue weighted by Crippen LogP contribution is 2.22. The van der Waals surface area contributed by atoms with Gasteiger partial charge < -0.3 is 9.84 Å². The second kappa shape index (κ2) is 4.66. The summed E-state index contributed by atoms with van der Waals surface area (Å²) < 4.78 is 5.08. The van der Waals surface area contributed by atoms with E-state index < -0.39 is 0 Å². The molecule has 0 spiro atoms. The van der Waals surface area contributed by atoms with Gasteiger partial charge in [-0.15, -0.1) is 0 Å². The summed E-state index contributed by atoms with van der Waals surface area (Å²) in [5.41, 5.74) is 0. The van der Waals surface area contributed by atoms with Crippen molar-refractivity contribution in [3.63, 3.8) is 0 Å². The highest BCUT2D eigenvalue weighted by molar-refractivity contribution is 4.98. The van der Waals surface area contributed by atoms with Crippen LogP contribution in [0.15, 0.2) is 4.52 Å². The summed E-state index contributed by atoms with van der Waals surface area (Å²) in [6.07, 6.45) is 6.22. The van der Waals surface area contributed by atoms with Crippen molar-refractivity contribution >= 4 is 0 Å². The maximum atomic E-state index is 5.22. The second-order valence-corrected chi connectivity index (χ2v) is 3.33. The molecule has 0 fully saturated rings. The van der Waals surface area contributed by atoms with Gasteiger partial charge in [-0.05, 0) is 12.8 Å². The van der Waals surface area contributed by atoms with Crippen molar-refractivity contribution in [3.05, 3.63) is 11.7 Å². The zero-order valence-electron chi connectivity index (χ0n) is 8.74. The van der Waals surface area contributed by atoms with Crippen molar-refractivity contribution in [2.24, 2.45) is 5.92 Å². The molecule has 0 bridgehead atoms. The molecule has 2 atom stereocenters. The number of terminal acetylenes is 1. The van der Waals surface area contributed by atoms with Crippen LogP contribution in [-0.2, 0) is 0 Å². The van der Waals surface area contributed by atoms with Crippen LogP contribution in [0.1, 0.15) is 38.0 Å². The van der Waals surface area contributed by atoms with Gasteiger partial charge >= 0.3 is 0 Å². The van der Waals surface area contributed by atoms with E-state index in [1.54, 1.807) is 6.92 Å². The Kier molecular flexibility index (Phi) is 3.52. The van der Waals surface area contributed by atoms with Crippen molar-refractivity contribution in [2.45, 2.75) is 33.2 Å². The summed E-state index contributed by atoms with van der Waals surface area (Å²) in [6.45, 7) is 5.98.